The molecular formula is C19H16N4OS. The van der Waals surface area contributed by atoms with Crippen LogP contribution in [0.25, 0.3) is 28.0 Å². The maximum atomic E-state index is 10.4. The normalized spacial score (nSPS) is 11.1. The summed E-state index contributed by atoms with van der Waals surface area (Å²) in [4.78, 5) is 4.58. The van der Waals surface area contributed by atoms with Crippen LogP contribution in [0.3, 0.4) is 0 Å². The lowest BCUT2D eigenvalue weighted by atomic mass is 10.1. The van der Waals surface area contributed by atoms with Crippen molar-refractivity contribution in [3.63, 3.8) is 0 Å². The van der Waals surface area contributed by atoms with Crippen LogP contribution in [0.15, 0.2) is 48.5 Å². The number of benzene rings is 2. The van der Waals surface area contributed by atoms with E-state index >= 15 is 0 Å². The summed E-state index contributed by atoms with van der Waals surface area (Å²) >= 11 is 5.47. The minimum Gasteiger partial charge on any atom is -0.507 e. The third-order valence-corrected chi connectivity index (χ3v) is 4.40. The smallest absolute Gasteiger partial charge is 0.200 e. The highest BCUT2D eigenvalue weighted by Gasteiger charge is 2.16. The Bertz CT molecular complexity index is 1160. The molecule has 0 atom stereocenters. The Labute approximate surface area is 149 Å². The monoisotopic (exact) mass is 348 g/mol. The van der Waals surface area contributed by atoms with Crippen molar-refractivity contribution in [2.24, 2.45) is 0 Å². The van der Waals surface area contributed by atoms with Crippen molar-refractivity contribution in [2.45, 2.75) is 13.8 Å². The molecule has 124 valence electrons. The molecule has 2 heterocycles. The number of rotatable bonds is 2. The summed E-state index contributed by atoms with van der Waals surface area (Å²) in [5.41, 5.74) is 4.26. The van der Waals surface area contributed by atoms with Gasteiger partial charge in [0.2, 0.25) is 0 Å². The topological polar surface area (TPSA) is 66.7 Å². The number of fused-ring (bicyclic) bond motifs is 1. The molecule has 0 aliphatic rings. The maximum Gasteiger partial charge on any atom is 0.200 e. The van der Waals surface area contributed by atoms with Gasteiger partial charge in [-0.1, -0.05) is 24.3 Å². The van der Waals surface area contributed by atoms with E-state index in [1.807, 2.05) is 60.9 Å². The largest absolute Gasteiger partial charge is 0.507 e. The van der Waals surface area contributed by atoms with Gasteiger partial charge in [-0.05, 0) is 55.9 Å². The van der Waals surface area contributed by atoms with Gasteiger partial charge in [-0.2, -0.15) is 5.10 Å². The van der Waals surface area contributed by atoms with Crippen molar-refractivity contribution < 1.29 is 5.11 Å². The minimum absolute atomic E-state index is 0.172. The molecule has 5 nitrogen and oxygen atoms in total. The summed E-state index contributed by atoms with van der Waals surface area (Å²) in [6, 6.07) is 15.4. The third kappa shape index (κ3) is 2.60. The molecule has 2 N–H and O–H groups in total. The van der Waals surface area contributed by atoms with Gasteiger partial charge in [-0.3, -0.25) is 14.6 Å². The van der Waals surface area contributed by atoms with Gasteiger partial charge in [-0.25, -0.2) is 0 Å². The molecule has 0 aliphatic heterocycles. The van der Waals surface area contributed by atoms with Crippen molar-refractivity contribution >= 4 is 23.1 Å². The van der Waals surface area contributed by atoms with E-state index in [0.717, 1.165) is 27.8 Å². The van der Waals surface area contributed by atoms with E-state index in [1.54, 1.807) is 6.07 Å². The van der Waals surface area contributed by atoms with Gasteiger partial charge < -0.3 is 5.11 Å². The molecule has 0 amide bonds. The van der Waals surface area contributed by atoms with E-state index in [4.69, 9.17) is 12.2 Å². The fourth-order valence-electron chi connectivity index (χ4n) is 3.00. The van der Waals surface area contributed by atoms with Gasteiger partial charge >= 0.3 is 0 Å². The molecule has 0 saturated carbocycles. The van der Waals surface area contributed by atoms with Crippen LogP contribution in [0.1, 0.15) is 11.3 Å². The predicted molar refractivity (Wildman–Crippen MR) is 101 cm³/mol. The number of nitrogens with zero attached hydrogens (tertiary/aromatic N) is 3. The Morgan fingerprint density at radius 2 is 1.88 bits per heavy atom. The van der Waals surface area contributed by atoms with Crippen LogP contribution in [0.5, 0.6) is 5.75 Å². The van der Waals surface area contributed by atoms with Crippen LogP contribution in [0, 0.1) is 18.6 Å². The van der Waals surface area contributed by atoms with E-state index in [0.29, 0.717) is 16.2 Å². The van der Waals surface area contributed by atoms with E-state index < -0.39 is 0 Å². The predicted octanol–water partition coefficient (Wildman–Crippen LogP) is 4.47. The second-order valence-electron chi connectivity index (χ2n) is 6.01. The summed E-state index contributed by atoms with van der Waals surface area (Å²) in [6.45, 7) is 3.88. The number of para-hydroxylation sites is 1. The van der Waals surface area contributed by atoms with Gasteiger partial charge in [0.05, 0.1) is 16.8 Å². The van der Waals surface area contributed by atoms with Crippen molar-refractivity contribution in [3.8, 4) is 22.8 Å². The van der Waals surface area contributed by atoms with Crippen LogP contribution < -0.4 is 0 Å². The van der Waals surface area contributed by atoms with Crippen molar-refractivity contribution in [1.29, 1.82) is 0 Å². The molecule has 0 bridgehead atoms. The Kier molecular flexibility index (Phi) is 3.62. The molecule has 0 aliphatic carbocycles. The number of aromatic amines is 1. The Balaban J connectivity index is 2.06. The SMILES string of the molecule is Cc1ccc(-c2n[nH]c(=S)n2-c2cc(C)nc3ccccc23)c(O)c1. The summed E-state index contributed by atoms with van der Waals surface area (Å²) in [5, 5.41) is 18.5. The molecule has 25 heavy (non-hydrogen) atoms. The highest BCUT2D eigenvalue weighted by Crippen LogP contribution is 2.32. The number of hydrogen-bond donors (Lipinski definition) is 2. The molecule has 0 saturated heterocycles. The average molecular weight is 348 g/mol. The van der Waals surface area contributed by atoms with Crippen LogP contribution in [-0.2, 0) is 0 Å². The first-order valence-electron chi connectivity index (χ1n) is 7.89. The maximum absolute atomic E-state index is 10.4. The fraction of sp³-hybridized carbons (Fsp3) is 0.105. The van der Waals surface area contributed by atoms with E-state index in [2.05, 4.69) is 15.2 Å². The number of phenols is 1. The van der Waals surface area contributed by atoms with E-state index in [-0.39, 0.29) is 5.75 Å². The zero-order chi connectivity index (χ0) is 17.6. The van der Waals surface area contributed by atoms with E-state index in [9.17, 15) is 5.11 Å². The standard InChI is InChI=1S/C19H16N4OS/c1-11-7-8-14(17(24)9-11)18-21-22-19(25)23(18)16-10-12(2)20-15-6-4-3-5-13(15)16/h3-10,24H,1-2H3,(H,22,25). The number of nitrogens with one attached hydrogen (secondary N) is 1. The minimum atomic E-state index is 0.172. The van der Waals surface area contributed by atoms with Crippen LogP contribution >= 0.6 is 12.2 Å². The van der Waals surface area contributed by atoms with Crippen molar-refractivity contribution in [1.82, 2.24) is 19.7 Å². The van der Waals surface area contributed by atoms with Gasteiger partial charge in [0.25, 0.3) is 0 Å². The highest BCUT2D eigenvalue weighted by atomic mass is 32.1. The Hall–Kier alpha value is -2.99. The number of aryl methyl sites for hydroxylation is 2. The second kappa shape index (κ2) is 5.82. The molecule has 0 fully saturated rings. The average Bonchev–Trinajstić information content (AvgIpc) is 2.95. The lowest BCUT2D eigenvalue weighted by Gasteiger charge is -2.12. The zero-order valence-corrected chi connectivity index (χ0v) is 14.6. The number of hydrogen-bond acceptors (Lipinski definition) is 4. The lowest BCUT2D eigenvalue weighted by Crippen LogP contribution is -2.01. The number of aromatic nitrogens is 4. The molecule has 2 aromatic carbocycles. The first-order valence-corrected chi connectivity index (χ1v) is 8.29. The Morgan fingerprint density at radius 3 is 2.68 bits per heavy atom. The lowest BCUT2D eigenvalue weighted by molar-refractivity contribution is 0.476. The molecule has 4 rings (SSSR count). The fourth-order valence-corrected chi connectivity index (χ4v) is 3.23. The van der Waals surface area contributed by atoms with Gasteiger partial charge in [0.1, 0.15) is 5.75 Å². The van der Waals surface area contributed by atoms with Gasteiger partial charge in [0.15, 0.2) is 10.6 Å². The highest BCUT2D eigenvalue weighted by molar-refractivity contribution is 7.71. The van der Waals surface area contributed by atoms with Crippen molar-refractivity contribution in [2.75, 3.05) is 0 Å². The number of pyridine rings is 1. The molecule has 2 aromatic heterocycles. The van der Waals surface area contributed by atoms with Crippen LogP contribution in [0.4, 0.5) is 0 Å². The Morgan fingerprint density at radius 1 is 1.08 bits per heavy atom. The molecule has 0 unspecified atom stereocenters. The molecule has 6 heteroatoms. The summed E-state index contributed by atoms with van der Waals surface area (Å²) in [5.74, 6) is 0.739. The second-order valence-corrected chi connectivity index (χ2v) is 6.39. The first kappa shape index (κ1) is 15.5. The zero-order valence-electron chi connectivity index (χ0n) is 13.8. The summed E-state index contributed by atoms with van der Waals surface area (Å²) < 4.78 is 2.31. The third-order valence-electron chi connectivity index (χ3n) is 4.13. The van der Waals surface area contributed by atoms with Crippen LogP contribution in [0.2, 0.25) is 0 Å². The number of aromatic hydroxyl groups is 1. The first-order chi connectivity index (χ1) is 12.0. The van der Waals surface area contributed by atoms with Gasteiger partial charge in [0, 0.05) is 11.1 Å². The number of phenolic OH excluding ortho intramolecular Hbond substituents is 1. The van der Waals surface area contributed by atoms with E-state index in [1.165, 1.54) is 0 Å². The van der Waals surface area contributed by atoms with Gasteiger partial charge in [-0.15, -0.1) is 0 Å². The summed E-state index contributed by atoms with van der Waals surface area (Å²) in [6.07, 6.45) is 0. The molecule has 0 radical (unpaired) electrons. The van der Waals surface area contributed by atoms with Crippen molar-refractivity contribution in [3.05, 3.63) is 64.6 Å². The number of H-pyrrole nitrogens is 1. The molecule has 0 spiro atoms. The molecule has 4 aromatic rings. The molecular weight excluding hydrogens is 332 g/mol. The van der Waals surface area contributed by atoms with Crippen LogP contribution in [-0.4, -0.2) is 24.9 Å². The summed E-state index contributed by atoms with van der Waals surface area (Å²) in [7, 11) is 0. The quantitative estimate of drug-likeness (QED) is 0.525.